The number of aromatic amines is 1. The van der Waals surface area contributed by atoms with Crippen LogP contribution < -0.4 is 0 Å². The predicted molar refractivity (Wildman–Crippen MR) is 124 cm³/mol. The van der Waals surface area contributed by atoms with Crippen molar-refractivity contribution in [3.63, 3.8) is 0 Å². The van der Waals surface area contributed by atoms with Gasteiger partial charge in [0.25, 0.3) is 0 Å². The van der Waals surface area contributed by atoms with E-state index in [1.54, 1.807) is 25.1 Å². The summed E-state index contributed by atoms with van der Waals surface area (Å²) >= 11 is 0. The Morgan fingerprint density at radius 1 is 1.12 bits per heavy atom. The number of hydrogen-bond donors (Lipinski definition) is 1. The summed E-state index contributed by atoms with van der Waals surface area (Å²) < 4.78 is 39.6. The molecule has 1 aliphatic carbocycles. The number of aromatic nitrogens is 1. The average molecular weight is 471 g/mol. The summed E-state index contributed by atoms with van der Waals surface area (Å²) in [6.45, 7) is 5.85. The highest BCUT2D eigenvalue weighted by molar-refractivity contribution is 7.89. The minimum atomic E-state index is -3.82. The standard InChI is InChI=1S/C25H30N2O5S/c1-4-31-25(28)24-17(2)23(18(3)26-24)16-27(15-21-10-7-13-32-21)33(29,30)22-12-11-19-8-5-6-9-20(19)14-22/h7,10-14,26H,4-6,8-9,15-16H2,1-3H3. The maximum absolute atomic E-state index is 13.8. The van der Waals surface area contributed by atoms with Crippen LogP contribution in [0.1, 0.15) is 64.0 Å². The summed E-state index contributed by atoms with van der Waals surface area (Å²) in [6, 6.07) is 8.97. The van der Waals surface area contributed by atoms with E-state index in [0.29, 0.717) is 17.0 Å². The number of fused-ring (bicyclic) bond motifs is 1. The molecule has 7 nitrogen and oxygen atoms in total. The van der Waals surface area contributed by atoms with E-state index in [0.717, 1.165) is 42.5 Å². The molecule has 2 heterocycles. The van der Waals surface area contributed by atoms with Crippen LogP contribution in [0.3, 0.4) is 0 Å². The van der Waals surface area contributed by atoms with Crippen LogP contribution in [0.4, 0.5) is 0 Å². The first-order valence-electron chi connectivity index (χ1n) is 11.3. The van der Waals surface area contributed by atoms with Gasteiger partial charge in [-0.15, -0.1) is 0 Å². The number of sulfonamides is 1. The largest absolute Gasteiger partial charge is 0.468 e. The molecule has 33 heavy (non-hydrogen) atoms. The number of ether oxygens (including phenoxy) is 1. The van der Waals surface area contributed by atoms with Crippen molar-refractivity contribution in [1.29, 1.82) is 0 Å². The lowest BCUT2D eigenvalue weighted by molar-refractivity contribution is 0.0519. The van der Waals surface area contributed by atoms with Crippen molar-refractivity contribution in [2.75, 3.05) is 6.61 Å². The topological polar surface area (TPSA) is 92.6 Å². The van der Waals surface area contributed by atoms with Gasteiger partial charge in [-0.05, 0) is 93.0 Å². The monoisotopic (exact) mass is 470 g/mol. The number of H-pyrrole nitrogens is 1. The number of furan rings is 1. The molecule has 3 aromatic rings. The van der Waals surface area contributed by atoms with Gasteiger partial charge in [0.1, 0.15) is 11.5 Å². The Bertz CT molecular complexity index is 1240. The molecule has 0 saturated heterocycles. The molecule has 0 bridgehead atoms. The Hall–Kier alpha value is -2.84. The van der Waals surface area contributed by atoms with Crippen LogP contribution in [-0.2, 0) is 40.7 Å². The second-order valence-electron chi connectivity index (χ2n) is 8.44. The number of carbonyl (C=O) groups is 1. The van der Waals surface area contributed by atoms with E-state index in [1.165, 1.54) is 16.1 Å². The zero-order chi connectivity index (χ0) is 23.6. The summed E-state index contributed by atoms with van der Waals surface area (Å²) in [6.07, 6.45) is 5.63. The first-order valence-corrected chi connectivity index (χ1v) is 12.7. The van der Waals surface area contributed by atoms with Gasteiger partial charge in [-0.25, -0.2) is 13.2 Å². The zero-order valence-corrected chi connectivity index (χ0v) is 20.1. The van der Waals surface area contributed by atoms with Crippen molar-refractivity contribution < 1.29 is 22.4 Å². The van der Waals surface area contributed by atoms with Gasteiger partial charge in [0.15, 0.2) is 0 Å². The van der Waals surface area contributed by atoms with Crippen molar-refractivity contribution in [3.05, 3.63) is 76.0 Å². The van der Waals surface area contributed by atoms with Crippen LogP contribution in [0.25, 0.3) is 0 Å². The Morgan fingerprint density at radius 2 is 1.88 bits per heavy atom. The lowest BCUT2D eigenvalue weighted by Crippen LogP contribution is -2.30. The minimum absolute atomic E-state index is 0.0885. The van der Waals surface area contributed by atoms with Crippen molar-refractivity contribution in [2.24, 2.45) is 0 Å². The van der Waals surface area contributed by atoms with E-state index in [1.807, 2.05) is 26.0 Å². The van der Waals surface area contributed by atoms with Crippen LogP contribution in [0.5, 0.6) is 0 Å². The van der Waals surface area contributed by atoms with Crippen LogP contribution in [0, 0.1) is 13.8 Å². The van der Waals surface area contributed by atoms with Gasteiger partial charge >= 0.3 is 5.97 Å². The highest BCUT2D eigenvalue weighted by Crippen LogP contribution is 2.29. The van der Waals surface area contributed by atoms with Gasteiger partial charge < -0.3 is 14.1 Å². The summed E-state index contributed by atoms with van der Waals surface area (Å²) in [4.78, 5) is 15.7. The molecular weight excluding hydrogens is 440 g/mol. The molecule has 8 heteroatoms. The third-order valence-electron chi connectivity index (χ3n) is 6.28. The summed E-state index contributed by atoms with van der Waals surface area (Å²) in [5.41, 5.74) is 4.88. The number of hydrogen-bond acceptors (Lipinski definition) is 5. The van der Waals surface area contributed by atoms with E-state index < -0.39 is 16.0 Å². The molecule has 1 aliphatic rings. The number of nitrogens with one attached hydrogen (secondary N) is 1. The number of carbonyl (C=O) groups excluding carboxylic acids is 1. The Balaban J connectivity index is 1.71. The third kappa shape index (κ3) is 4.77. The first-order chi connectivity index (χ1) is 15.8. The van der Waals surface area contributed by atoms with Crippen molar-refractivity contribution in [3.8, 4) is 0 Å². The number of nitrogens with zero attached hydrogens (tertiary/aromatic N) is 1. The van der Waals surface area contributed by atoms with E-state index in [9.17, 15) is 13.2 Å². The summed E-state index contributed by atoms with van der Waals surface area (Å²) in [5.74, 6) is 0.104. The normalized spacial score (nSPS) is 13.8. The average Bonchev–Trinajstić information content (AvgIpc) is 3.41. The molecule has 0 spiro atoms. The summed E-state index contributed by atoms with van der Waals surface area (Å²) in [7, 11) is -3.82. The number of esters is 1. The lowest BCUT2D eigenvalue weighted by Gasteiger charge is -2.23. The lowest BCUT2D eigenvalue weighted by atomic mass is 9.92. The van der Waals surface area contributed by atoms with Gasteiger partial charge in [0, 0.05) is 12.2 Å². The maximum Gasteiger partial charge on any atom is 0.355 e. The number of rotatable bonds is 8. The van der Waals surface area contributed by atoms with Crippen LogP contribution in [-0.4, -0.2) is 30.3 Å². The van der Waals surface area contributed by atoms with Gasteiger partial charge in [-0.3, -0.25) is 0 Å². The van der Waals surface area contributed by atoms with Crippen molar-refractivity contribution >= 4 is 16.0 Å². The SMILES string of the molecule is CCOC(=O)c1[nH]c(C)c(CN(Cc2ccco2)S(=O)(=O)c2ccc3c(c2)CCCC3)c1C. The minimum Gasteiger partial charge on any atom is -0.468 e. The smallest absolute Gasteiger partial charge is 0.355 e. The van der Waals surface area contributed by atoms with E-state index >= 15 is 0 Å². The second-order valence-corrected chi connectivity index (χ2v) is 10.4. The molecule has 0 saturated carbocycles. The van der Waals surface area contributed by atoms with Gasteiger partial charge in [-0.1, -0.05) is 6.07 Å². The molecule has 176 valence electrons. The van der Waals surface area contributed by atoms with Crippen LogP contribution >= 0.6 is 0 Å². The molecule has 4 rings (SSSR count). The maximum atomic E-state index is 13.8. The van der Waals surface area contributed by atoms with Crippen molar-refractivity contribution in [2.45, 2.75) is 64.4 Å². The quantitative estimate of drug-likeness (QED) is 0.483. The molecule has 0 unspecified atom stereocenters. The highest BCUT2D eigenvalue weighted by Gasteiger charge is 2.29. The Morgan fingerprint density at radius 3 is 2.58 bits per heavy atom. The number of benzene rings is 1. The zero-order valence-electron chi connectivity index (χ0n) is 19.3. The van der Waals surface area contributed by atoms with Gasteiger partial charge in [0.2, 0.25) is 10.0 Å². The Kier molecular flexibility index (Phi) is 6.76. The molecule has 1 N–H and O–H groups in total. The predicted octanol–water partition coefficient (Wildman–Crippen LogP) is 4.67. The molecule has 0 radical (unpaired) electrons. The van der Waals surface area contributed by atoms with Crippen molar-refractivity contribution in [1.82, 2.24) is 9.29 Å². The fraction of sp³-hybridized carbons (Fsp3) is 0.400. The summed E-state index contributed by atoms with van der Waals surface area (Å²) in [5, 5.41) is 0. The van der Waals surface area contributed by atoms with E-state index in [2.05, 4.69) is 4.98 Å². The highest BCUT2D eigenvalue weighted by atomic mass is 32.2. The first kappa shape index (κ1) is 23.3. The second kappa shape index (κ2) is 9.57. The van der Waals surface area contributed by atoms with Gasteiger partial charge in [0.05, 0.1) is 24.3 Å². The molecule has 0 fully saturated rings. The number of aryl methyl sites for hydroxylation is 3. The fourth-order valence-electron chi connectivity index (χ4n) is 4.43. The third-order valence-corrected chi connectivity index (χ3v) is 8.06. The molecule has 1 aromatic carbocycles. The Labute approximate surface area is 194 Å². The van der Waals surface area contributed by atoms with Crippen LogP contribution in [0.15, 0.2) is 45.9 Å². The molecule has 0 atom stereocenters. The molecule has 2 aromatic heterocycles. The molecule has 0 aliphatic heterocycles. The van der Waals surface area contributed by atoms with E-state index in [4.69, 9.17) is 9.15 Å². The molecule has 0 amide bonds. The molecular formula is C25H30N2O5S. The van der Waals surface area contributed by atoms with E-state index in [-0.39, 0.29) is 24.6 Å². The van der Waals surface area contributed by atoms with Crippen LogP contribution in [0.2, 0.25) is 0 Å². The fourth-order valence-corrected chi connectivity index (χ4v) is 5.86. The van der Waals surface area contributed by atoms with Gasteiger partial charge in [-0.2, -0.15) is 4.31 Å².